The summed E-state index contributed by atoms with van der Waals surface area (Å²) in [6.07, 6.45) is 0. The van der Waals surface area contributed by atoms with Gasteiger partial charge in [0, 0.05) is 67.3 Å². The zero-order valence-electron chi connectivity index (χ0n) is 40.6. The van der Waals surface area contributed by atoms with Gasteiger partial charge in [-0.3, -0.25) is 0 Å². The molecule has 0 radical (unpaired) electrons. The molecule has 11 rings (SSSR count). The molecule has 0 saturated heterocycles. The van der Waals surface area contributed by atoms with E-state index in [1.54, 1.807) is 64.4 Å². The highest BCUT2D eigenvalue weighted by atomic mass is 16.3. The van der Waals surface area contributed by atoms with Crippen LogP contribution in [-0.2, 0) is 5.41 Å². The van der Waals surface area contributed by atoms with Gasteiger partial charge in [-0.1, -0.05) is 105 Å². The second kappa shape index (κ2) is 11.1. The Hall–Kier alpha value is -6.78. The van der Waals surface area contributed by atoms with E-state index in [0.717, 1.165) is 49.6 Å². The maximum Gasteiger partial charge on any atom is 0.161 e. The van der Waals surface area contributed by atoms with Gasteiger partial charge < -0.3 is 18.6 Å². The van der Waals surface area contributed by atoms with Crippen molar-refractivity contribution in [2.45, 2.75) is 19.3 Å². The minimum atomic E-state index is -0.581. The Morgan fingerprint density at radius 2 is 1.11 bits per heavy atom. The number of aromatic nitrogens is 1. The predicted octanol–water partition coefficient (Wildman–Crippen LogP) is 13.7. The van der Waals surface area contributed by atoms with Crippen molar-refractivity contribution in [3.63, 3.8) is 0 Å². The fourth-order valence-corrected chi connectivity index (χ4v) is 8.36. The lowest BCUT2D eigenvalue weighted by Gasteiger charge is -2.28. The average Bonchev–Trinajstić information content (AvgIpc) is 4.01. The van der Waals surface area contributed by atoms with Crippen molar-refractivity contribution >= 4 is 72.5 Å². The molecular weight excluding hydrogens is 647 g/mol. The van der Waals surface area contributed by atoms with Gasteiger partial charge in [0.2, 0.25) is 0 Å². The number of furan rings is 1. The van der Waals surface area contributed by atoms with Crippen LogP contribution < -0.4 is 9.80 Å². The van der Waals surface area contributed by atoms with Crippen LogP contribution in [-0.4, -0.2) is 4.40 Å². The SMILES string of the molecule is [2H]c1ccc(N(c2ccc3c(c2)C(C)(C)c2c-3n3c4c2cccc4c2oc4cc(N(c5ccc([2H])cc5)c5c([2H])c([2H])c([2H])c([2H])c5[2H])ccc4c23)c2c([2H])c([2H])c([2H])c([2H])c2[2H])cc1. The molecule has 3 heterocycles. The molecule has 0 unspecified atom stereocenters. The second-order valence-corrected chi connectivity index (χ2v) is 13.7. The van der Waals surface area contributed by atoms with Gasteiger partial charge in [-0.25, -0.2) is 0 Å². The van der Waals surface area contributed by atoms with Crippen LogP contribution in [0.3, 0.4) is 0 Å². The summed E-state index contributed by atoms with van der Waals surface area (Å²) >= 11 is 0. The largest absolute Gasteiger partial charge is 0.454 e. The lowest BCUT2D eigenvalue weighted by Crippen LogP contribution is -2.16. The number of anilines is 6. The summed E-state index contributed by atoms with van der Waals surface area (Å²) in [5.74, 6) is 0. The number of fused-ring (bicyclic) bond motifs is 10. The molecule has 53 heavy (non-hydrogen) atoms. The molecule has 1 aliphatic rings. The van der Waals surface area contributed by atoms with Gasteiger partial charge in [-0.2, -0.15) is 0 Å². The molecule has 0 bridgehead atoms. The Morgan fingerprint density at radius 1 is 0.528 bits per heavy atom. The normalized spacial score (nSPS) is 16.4. The fraction of sp³-hybridized carbons (Fsp3) is 0.0612. The molecule has 0 N–H and O–H groups in total. The maximum absolute atomic E-state index is 8.95. The third-order valence-corrected chi connectivity index (χ3v) is 10.5. The number of benzene rings is 7. The Balaban J connectivity index is 1.13. The van der Waals surface area contributed by atoms with E-state index >= 15 is 0 Å². The standard InChI is InChI=1S/C49H35N3O/c1-49(2)42-30-36(50(32-16-7-3-8-17-32)33-18-9-4-10-19-33)26-28-38(42)46-44(49)40-24-15-25-41-45(40)52(46)47-39-29-27-37(31-43(39)53-48(41)47)51(34-20-11-5-12-21-34)35-22-13-6-14-23-35/h3-31H,1-2H3/i3D,4D,5D,6D,7D,8D,11D,12D,16D,17D,20D,21D. The zero-order chi connectivity index (χ0) is 45.7. The highest BCUT2D eigenvalue weighted by molar-refractivity contribution is 6.22. The molecule has 10 aromatic rings. The molecule has 0 spiro atoms. The van der Waals surface area contributed by atoms with Gasteiger partial charge in [0.05, 0.1) is 27.7 Å². The molecule has 0 atom stereocenters. The number of hydrogen-bond donors (Lipinski definition) is 0. The van der Waals surface area contributed by atoms with E-state index < -0.39 is 41.7 Å². The first-order chi connectivity index (χ1) is 31.0. The maximum atomic E-state index is 8.95. The van der Waals surface area contributed by atoms with E-state index in [2.05, 4.69) is 24.3 Å². The molecule has 0 saturated carbocycles. The average molecular weight is 694 g/mol. The van der Waals surface area contributed by atoms with Gasteiger partial charge in [0.25, 0.3) is 0 Å². The number of nitrogens with zero attached hydrogens (tertiary/aromatic N) is 3. The van der Waals surface area contributed by atoms with Crippen molar-refractivity contribution < 1.29 is 20.9 Å². The van der Waals surface area contributed by atoms with Crippen molar-refractivity contribution in [3.05, 3.63) is 187 Å². The molecule has 1 aliphatic carbocycles. The summed E-state index contributed by atoms with van der Waals surface area (Å²) in [5.41, 5.74) is 8.40. The summed E-state index contributed by atoms with van der Waals surface area (Å²) in [5, 5.41) is 2.72. The van der Waals surface area contributed by atoms with E-state index in [1.165, 1.54) is 0 Å². The van der Waals surface area contributed by atoms with E-state index in [4.69, 9.17) is 20.9 Å². The molecular formula is C49H35N3O. The van der Waals surface area contributed by atoms with Crippen LogP contribution in [0.25, 0.3) is 49.6 Å². The fourth-order valence-electron chi connectivity index (χ4n) is 8.36. The lowest BCUT2D eigenvalue weighted by atomic mass is 9.81. The molecule has 3 aromatic heterocycles. The van der Waals surface area contributed by atoms with Crippen LogP contribution in [0, 0.1) is 0 Å². The van der Waals surface area contributed by atoms with Crippen molar-refractivity contribution in [3.8, 4) is 11.3 Å². The minimum Gasteiger partial charge on any atom is -0.454 e. The Kier molecular flexibility index (Phi) is 4.26. The molecule has 4 nitrogen and oxygen atoms in total. The van der Waals surface area contributed by atoms with Crippen LogP contribution in [0.2, 0.25) is 0 Å². The summed E-state index contributed by atoms with van der Waals surface area (Å²) in [7, 11) is 0. The summed E-state index contributed by atoms with van der Waals surface area (Å²) < 4.78 is 111. The minimum absolute atomic E-state index is 0.00747. The Labute approximate surface area is 324 Å². The van der Waals surface area contributed by atoms with Crippen molar-refractivity contribution in [2.24, 2.45) is 0 Å². The van der Waals surface area contributed by atoms with Crippen LogP contribution in [0.1, 0.15) is 41.4 Å². The third kappa shape index (κ3) is 4.24. The Bertz CT molecular complexity index is 3620. The molecule has 0 fully saturated rings. The monoisotopic (exact) mass is 693 g/mol. The highest BCUT2D eigenvalue weighted by Gasteiger charge is 2.42. The first-order valence-corrected chi connectivity index (χ1v) is 17.3. The zero-order valence-corrected chi connectivity index (χ0v) is 28.6. The predicted molar refractivity (Wildman–Crippen MR) is 220 cm³/mol. The second-order valence-electron chi connectivity index (χ2n) is 13.7. The van der Waals surface area contributed by atoms with Crippen LogP contribution in [0.5, 0.6) is 0 Å². The van der Waals surface area contributed by atoms with Gasteiger partial charge >= 0.3 is 0 Å². The first kappa shape index (κ1) is 20.3. The van der Waals surface area contributed by atoms with E-state index in [0.29, 0.717) is 33.9 Å². The highest BCUT2D eigenvalue weighted by Crippen LogP contribution is 2.57. The topological polar surface area (TPSA) is 24.0 Å². The van der Waals surface area contributed by atoms with Crippen LogP contribution in [0.4, 0.5) is 34.1 Å². The summed E-state index contributed by atoms with van der Waals surface area (Å²) in [6.45, 7) is 4.31. The van der Waals surface area contributed by atoms with Gasteiger partial charge in [0.15, 0.2) is 5.58 Å². The van der Waals surface area contributed by atoms with Crippen molar-refractivity contribution in [2.75, 3.05) is 9.80 Å². The van der Waals surface area contributed by atoms with E-state index in [1.807, 2.05) is 42.5 Å². The smallest absolute Gasteiger partial charge is 0.161 e. The summed E-state index contributed by atoms with van der Waals surface area (Å²) in [4.78, 5) is 3.26. The van der Waals surface area contributed by atoms with E-state index in [-0.39, 0.29) is 47.6 Å². The molecule has 0 aliphatic heterocycles. The lowest BCUT2D eigenvalue weighted by molar-refractivity contribution is 0.666. The number of rotatable bonds is 6. The van der Waals surface area contributed by atoms with Crippen LogP contribution >= 0.6 is 0 Å². The molecule has 7 aromatic carbocycles. The van der Waals surface area contributed by atoms with Crippen molar-refractivity contribution in [1.29, 1.82) is 0 Å². The van der Waals surface area contributed by atoms with Gasteiger partial charge in [-0.15, -0.1) is 0 Å². The van der Waals surface area contributed by atoms with E-state index in [9.17, 15) is 0 Å². The number of para-hydroxylation sites is 5. The number of hydrogen-bond acceptors (Lipinski definition) is 3. The van der Waals surface area contributed by atoms with Gasteiger partial charge in [-0.05, 0) is 89.9 Å². The third-order valence-electron chi connectivity index (χ3n) is 10.5. The molecule has 252 valence electrons. The van der Waals surface area contributed by atoms with Crippen molar-refractivity contribution in [1.82, 2.24) is 4.40 Å². The summed E-state index contributed by atoms with van der Waals surface area (Å²) in [6, 6.07) is 27.0. The van der Waals surface area contributed by atoms with Crippen LogP contribution in [0.15, 0.2) is 180 Å². The Morgan fingerprint density at radius 3 is 1.75 bits per heavy atom. The molecule has 0 amide bonds. The van der Waals surface area contributed by atoms with Gasteiger partial charge in [0.1, 0.15) is 11.1 Å². The quantitative estimate of drug-likeness (QED) is 0.173. The first-order valence-electron chi connectivity index (χ1n) is 23.3. The molecule has 4 heteroatoms.